The molecule has 3 nitrogen and oxygen atoms in total. The molecular formula is C29H21N3. The molecular weight excluding hydrogens is 390 g/mol. The summed E-state index contributed by atoms with van der Waals surface area (Å²) in [5.74, 6) is 0. The number of rotatable bonds is 4. The van der Waals surface area contributed by atoms with E-state index in [1.807, 2.05) is 36.5 Å². The van der Waals surface area contributed by atoms with Gasteiger partial charge in [-0.05, 0) is 71.8 Å². The predicted molar refractivity (Wildman–Crippen MR) is 134 cm³/mol. The molecule has 0 atom stereocenters. The number of hydrogen-bond donors (Lipinski definition) is 1. The van der Waals surface area contributed by atoms with Crippen LogP contribution in [0.1, 0.15) is 0 Å². The maximum atomic E-state index is 4.72. The van der Waals surface area contributed by atoms with Gasteiger partial charge < -0.3 is 9.88 Å². The minimum atomic E-state index is 1.02. The number of nitrogens with one attached hydrogen (secondary N) is 1. The number of benzene rings is 4. The summed E-state index contributed by atoms with van der Waals surface area (Å²) in [6, 6.07) is 40.0. The highest BCUT2D eigenvalue weighted by atomic mass is 15.0. The molecule has 152 valence electrons. The molecule has 0 amide bonds. The highest BCUT2D eigenvalue weighted by Crippen LogP contribution is 2.34. The van der Waals surface area contributed by atoms with Crippen LogP contribution < -0.4 is 5.32 Å². The standard InChI is InChI=1S/C29H21N3/c1-3-8-23(9-4-1)31-24-16-13-21(14-17-24)22-15-18-27-26(20-22)29-28(12-7-19-30-29)32(27)25-10-5-2-6-11-25/h1-20,31H. The summed E-state index contributed by atoms with van der Waals surface area (Å²) in [6.45, 7) is 0. The summed E-state index contributed by atoms with van der Waals surface area (Å²) >= 11 is 0. The summed E-state index contributed by atoms with van der Waals surface area (Å²) in [4.78, 5) is 4.72. The lowest BCUT2D eigenvalue weighted by Crippen LogP contribution is -1.93. The molecule has 2 heterocycles. The number of pyridine rings is 1. The molecule has 2 aromatic heterocycles. The van der Waals surface area contributed by atoms with E-state index >= 15 is 0 Å². The average Bonchev–Trinajstić information content (AvgIpc) is 3.19. The summed E-state index contributed by atoms with van der Waals surface area (Å²) in [6.07, 6.45) is 1.87. The Kier molecular flexibility index (Phi) is 4.43. The van der Waals surface area contributed by atoms with E-state index in [1.165, 1.54) is 11.1 Å². The molecule has 0 saturated heterocycles. The van der Waals surface area contributed by atoms with E-state index in [0.29, 0.717) is 0 Å². The van der Waals surface area contributed by atoms with Crippen LogP contribution >= 0.6 is 0 Å². The molecule has 6 rings (SSSR count). The van der Waals surface area contributed by atoms with Gasteiger partial charge in [0, 0.05) is 28.6 Å². The molecule has 0 aliphatic heterocycles. The number of fused-ring (bicyclic) bond motifs is 3. The van der Waals surface area contributed by atoms with Gasteiger partial charge in [-0.25, -0.2) is 0 Å². The maximum absolute atomic E-state index is 4.72. The first-order valence-corrected chi connectivity index (χ1v) is 10.7. The van der Waals surface area contributed by atoms with E-state index in [-0.39, 0.29) is 0 Å². The summed E-state index contributed by atoms with van der Waals surface area (Å²) in [5.41, 5.74) is 8.97. The highest BCUT2D eigenvalue weighted by Gasteiger charge is 2.13. The van der Waals surface area contributed by atoms with Crippen molar-refractivity contribution in [1.82, 2.24) is 9.55 Å². The van der Waals surface area contributed by atoms with Crippen molar-refractivity contribution in [3.63, 3.8) is 0 Å². The van der Waals surface area contributed by atoms with Gasteiger partial charge in [-0.2, -0.15) is 0 Å². The molecule has 32 heavy (non-hydrogen) atoms. The van der Waals surface area contributed by atoms with Gasteiger partial charge in [0.15, 0.2) is 0 Å². The second kappa shape index (κ2) is 7.71. The monoisotopic (exact) mass is 411 g/mol. The fourth-order valence-electron chi connectivity index (χ4n) is 4.30. The molecule has 4 aromatic carbocycles. The van der Waals surface area contributed by atoms with Crippen LogP contribution in [0, 0.1) is 0 Å². The van der Waals surface area contributed by atoms with Crippen LogP contribution in [-0.2, 0) is 0 Å². The SMILES string of the molecule is c1ccc(Nc2ccc(-c3ccc4c(c3)c3ncccc3n4-c3ccccc3)cc2)cc1. The Morgan fingerprint density at radius 1 is 0.562 bits per heavy atom. The fraction of sp³-hybridized carbons (Fsp3) is 0. The first kappa shape index (κ1) is 18.4. The van der Waals surface area contributed by atoms with E-state index in [1.54, 1.807) is 0 Å². The van der Waals surface area contributed by atoms with E-state index in [4.69, 9.17) is 4.98 Å². The Bertz CT molecular complexity index is 1520. The van der Waals surface area contributed by atoms with E-state index in [9.17, 15) is 0 Å². The van der Waals surface area contributed by atoms with Gasteiger partial charge in [-0.1, -0.05) is 54.6 Å². The Hall–Kier alpha value is -4.37. The van der Waals surface area contributed by atoms with Crippen LogP contribution in [0.4, 0.5) is 11.4 Å². The van der Waals surface area contributed by atoms with E-state index in [0.717, 1.165) is 39.0 Å². The zero-order valence-electron chi connectivity index (χ0n) is 17.4. The number of hydrogen-bond acceptors (Lipinski definition) is 2. The smallest absolute Gasteiger partial charge is 0.0963 e. The fourth-order valence-corrected chi connectivity index (χ4v) is 4.30. The molecule has 0 unspecified atom stereocenters. The number of para-hydroxylation sites is 2. The summed E-state index contributed by atoms with van der Waals surface area (Å²) in [7, 11) is 0. The molecule has 1 N–H and O–H groups in total. The van der Waals surface area contributed by atoms with Gasteiger partial charge in [0.25, 0.3) is 0 Å². The van der Waals surface area contributed by atoms with Crippen molar-refractivity contribution in [2.45, 2.75) is 0 Å². The minimum Gasteiger partial charge on any atom is -0.356 e. The van der Waals surface area contributed by atoms with Gasteiger partial charge in [0.2, 0.25) is 0 Å². The largest absolute Gasteiger partial charge is 0.356 e. The van der Waals surface area contributed by atoms with Crippen molar-refractivity contribution in [3.8, 4) is 16.8 Å². The van der Waals surface area contributed by atoms with Crippen molar-refractivity contribution < 1.29 is 0 Å². The van der Waals surface area contributed by atoms with Gasteiger partial charge in [-0.15, -0.1) is 0 Å². The van der Waals surface area contributed by atoms with Crippen molar-refractivity contribution in [2.24, 2.45) is 0 Å². The Labute approximate surface area is 186 Å². The Morgan fingerprint density at radius 3 is 2.03 bits per heavy atom. The van der Waals surface area contributed by atoms with Crippen LogP contribution in [0.2, 0.25) is 0 Å². The van der Waals surface area contributed by atoms with Crippen LogP contribution in [0.3, 0.4) is 0 Å². The quantitative estimate of drug-likeness (QED) is 0.324. The zero-order valence-corrected chi connectivity index (χ0v) is 17.4. The van der Waals surface area contributed by atoms with Crippen molar-refractivity contribution in [2.75, 3.05) is 5.32 Å². The van der Waals surface area contributed by atoms with Gasteiger partial charge in [0.1, 0.15) is 0 Å². The molecule has 3 heteroatoms. The molecule has 0 radical (unpaired) electrons. The molecule has 0 aliphatic carbocycles. The Balaban J connectivity index is 1.43. The number of nitrogens with zero attached hydrogens (tertiary/aromatic N) is 2. The van der Waals surface area contributed by atoms with Gasteiger partial charge in [0.05, 0.1) is 16.6 Å². The molecule has 0 aliphatic rings. The molecule has 0 bridgehead atoms. The van der Waals surface area contributed by atoms with Crippen LogP contribution in [0.5, 0.6) is 0 Å². The minimum absolute atomic E-state index is 1.02. The second-order valence-corrected chi connectivity index (χ2v) is 7.84. The third-order valence-corrected chi connectivity index (χ3v) is 5.81. The molecule has 6 aromatic rings. The predicted octanol–water partition coefficient (Wildman–Crippen LogP) is 7.59. The lowest BCUT2D eigenvalue weighted by molar-refractivity contribution is 1.18. The van der Waals surface area contributed by atoms with Crippen molar-refractivity contribution in [1.29, 1.82) is 0 Å². The second-order valence-electron chi connectivity index (χ2n) is 7.84. The van der Waals surface area contributed by atoms with E-state index < -0.39 is 0 Å². The Morgan fingerprint density at radius 2 is 1.25 bits per heavy atom. The molecule has 0 fully saturated rings. The van der Waals surface area contributed by atoms with Crippen LogP contribution in [-0.4, -0.2) is 9.55 Å². The van der Waals surface area contributed by atoms with E-state index in [2.05, 4.69) is 94.8 Å². The van der Waals surface area contributed by atoms with Crippen molar-refractivity contribution >= 4 is 33.3 Å². The number of anilines is 2. The average molecular weight is 412 g/mol. The first-order valence-electron chi connectivity index (χ1n) is 10.7. The zero-order chi connectivity index (χ0) is 21.3. The van der Waals surface area contributed by atoms with Gasteiger partial charge >= 0.3 is 0 Å². The van der Waals surface area contributed by atoms with Crippen LogP contribution in [0.15, 0.2) is 121 Å². The lowest BCUT2D eigenvalue weighted by atomic mass is 10.0. The molecule has 0 saturated carbocycles. The normalized spacial score (nSPS) is 11.1. The topological polar surface area (TPSA) is 29.9 Å². The first-order chi connectivity index (χ1) is 15.9. The lowest BCUT2D eigenvalue weighted by Gasteiger charge is -2.09. The van der Waals surface area contributed by atoms with Crippen LogP contribution in [0.25, 0.3) is 38.8 Å². The molecule has 0 spiro atoms. The third kappa shape index (κ3) is 3.21. The summed E-state index contributed by atoms with van der Waals surface area (Å²) < 4.78 is 2.29. The van der Waals surface area contributed by atoms with Gasteiger partial charge in [-0.3, -0.25) is 4.98 Å². The third-order valence-electron chi connectivity index (χ3n) is 5.81. The highest BCUT2D eigenvalue weighted by molar-refractivity contribution is 6.08. The van der Waals surface area contributed by atoms with Crippen molar-refractivity contribution in [3.05, 3.63) is 121 Å². The summed E-state index contributed by atoms with van der Waals surface area (Å²) in [5, 5.41) is 4.61. The number of aromatic nitrogens is 2. The maximum Gasteiger partial charge on any atom is 0.0963 e.